The van der Waals surface area contributed by atoms with Gasteiger partial charge in [0.25, 0.3) is 0 Å². The van der Waals surface area contributed by atoms with Gasteiger partial charge in [0.2, 0.25) is 0 Å². The topological polar surface area (TPSA) is 21.3 Å². The Bertz CT molecular complexity index is 208. The average molecular weight is 246 g/mol. The summed E-state index contributed by atoms with van der Waals surface area (Å²) >= 11 is 6.17. The summed E-state index contributed by atoms with van der Waals surface area (Å²) in [4.78, 5) is 0. The Morgan fingerprint density at radius 1 is 1.31 bits per heavy atom. The Morgan fingerprint density at radius 2 is 2.06 bits per heavy atom. The van der Waals surface area contributed by atoms with Crippen LogP contribution in [0.4, 0.5) is 0 Å². The first-order valence-corrected chi connectivity index (χ1v) is 7.20. The number of rotatable bonds is 4. The van der Waals surface area contributed by atoms with Gasteiger partial charge in [-0.15, -0.1) is 11.6 Å². The number of alkyl halides is 1. The summed E-state index contributed by atoms with van der Waals surface area (Å²) in [5.41, 5.74) is 0.194. The van der Waals surface area contributed by atoms with Crippen molar-refractivity contribution >= 4 is 11.6 Å². The molecule has 2 aliphatic rings. The Kier molecular flexibility index (Phi) is 4.51. The number of hydrogen-bond acceptors (Lipinski definition) is 2. The lowest BCUT2D eigenvalue weighted by atomic mass is 9.78. The van der Waals surface area contributed by atoms with Crippen molar-refractivity contribution in [3.05, 3.63) is 0 Å². The normalized spacial score (nSPS) is 40.1. The van der Waals surface area contributed by atoms with E-state index in [-0.39, 0.29) is 5.54 Å². The molecule has 0 aromatic heterocycles. The van der Waals surface area contributed by atoms with Gasteiger partial charge in [-0.2, -0.15) is 0 Å². The Hall–Kier alpha value is 0.210. The molecule has 1 aliphatic heterocycles. The molecule has 94 valence electrons. The summed E-state index contributed by atoms with van der Waals surface area (Å²) in [6.45, 7) is 4.27. The summed E-state index contributed by atoms with van der Waals surface area (Å²) in [6, 6.07) is 0. The zero-order valence-electron chi connectivity index (χ0n) is 10.3. The maximum atomic E-state index is 6.17. The quantitative estimate of drug-likeness (QED) is 0.769. The first kappa shape index (κ1) is 12.7. The predicted molar refractivity (Wildman–Crippen MR) is 68.1 cm³/mol. The monoisotopic (exact) mass is 245 g/mol. The molecule has 2 nitrogen and oxygen atoms in total. The molecule has 1 aliphatic carbocycles. The molecule has 0 aromatic rings. The van der Waals surface area contributed by atoms with Crippen molar-refractivity contribution in [3.8, 4) is 0 Å². The molecule has 0 radical (unpaired) electrons. The molecule has 1 saturated heterocycles. The summed E-state index contributed by atoms with van der Waals surface area (Å²) in [7, 11) is 0. The van der Waals surface area contributed by atoms with Crippen molar-refractivity contribution in [1.29, 1.82) is 0 Å². The highest BCUT2D eigenvalue weighted by atomic mass is 35.5. The van der Waals surface area contributed by atoms with Crippen LogP contribution < -0.4 is 5.32 Å². The smallest absolute Gasteiger partial charge is 0.0700 e. The van der Waals surface area contributed by atoms with Crippen LogP contribution in [0.2, 0.25) is 0 Å². The van der Waals surface area contributed by atoms with E-state index in [1.165, 1.54) is 38.5 Å². The van der Waals surface area contributed by atoms with Crippen molar-refractivity contribution in [3.63, 3.8) is 0 Å². The Morgan fingerprint density at radius 3 is 2.62 bits per heavy atom. The van der Waals surface area contributed by atoms with Crippen LogP contribution in [-0.2, 0) is 4.74 Å². The van der Waals surface area contributed by atoms with Gasteiger partial charge in [0.15, 0.2) is 0 Å². The van der Waals surface area contributed by atoms with Gasteiger partial charge in [-0.3, -0.25) is 0 Å². The highest BCUT2D eigenvalue weighted by Gasteiger charge is 2.33. The van der Waals surface area contributed by atoms with Gasteiger partial charge in [0, 0.05) is 24.6 Å². The summed E-state index contributed by atoms with van der Waals surface area (Å²) < 4.78 is 5.65. The zero-order chi connectivity index (χ0) is 11.4. The number of ether oxygens (including phenoxy) is 1. The van der Waals surface area contributed by atoms with Gasteiger partial charge < -0.3 is 10.1 Å². The third-order valence-corrected chi connectivity index (χ3v) is 4.73. The number of hydrogen-bond donors (Lipinski definition) is 1. The molecule has 2 fully saturated rings. The van der Waals surface area contributed by atoms with Crippen molar-refractivity contribution < 1.29 is 4.74 Å². The Balaban J connectivity index is 1.79. The molecule has 3 heteroatoms. The van der Waals surface area contributed by atoms with Gasteiger partial charge >= 0.3 is 0 Å². The van der Waals surface area contributed by atoms with E-state index in [0.717, 1.165) is 24.9 Å². The average Bonchev–Trinajstić information content (AvgIpc) is 2.82. The molecule has 0 aromatic carbocycles. The van der Waals surface area contributed by atoms with Gasteiger partial charge in [-0.25, -0.2) is 0 Å². The SMILES string of the molecule is CC1CCC(CCl)(NCC2CCCO2)CC1. The van der Waals surface area contributed by atoms with Crippen molar-refractivity contribution in [2.75, 3.05) is 19.0 Å². The molecule has 1 N–H and O–H groups in total. The molecule has 1 atom stereocenters. The first-order chi connectivity index (χ1) is 7.74. The minimum atomic E-state index is 0.194. The lowest BCUT2D eigenvalue weighted by molar-refractivity contribution is 0.0951. The second-order valence-corrected chi connectivity index (χ2v) is 5.88. The van der Waals surface area contributed by atoms with Gasteiger partial charge in [0.1, 0.15) is 0 Å². The summed E-state index contributed by atoms with van der Waals surface area (Å²) in [6.07, 6.45) is 7.93. The predicted octanol–water partition coefficient (Wildman–Crippen LogP) is 2.94. The number of nitrogens with one attached hydrogen (secondary N) is 1. The van der Waals surface area contributed by atoms with E-state index in [9.17, 15) is 0 Å². The fourth-order valence-electron chi connectivity index (χ4n) is 2.81. The molecule has 1 heterocycles. The van der Waals surface area contributed by atoms with E-state index in [1.807, 2.05) is 0 Å². The third kappa shape index (κ3) is 3.12. The van der Waals surface area contributed by atoms with Gasteiger partial charge in [-0.05, 0) is 44.4 Å². The molecule has 16 heavy (non-hydrogen) atoms. The molecule has 1 saturated carbocycles. The van der Waals surface area contributed by atoms with E-state index in [4.69, 9.17) is 16.3 Å². The fourth-order valence-corrected chi connectivity index (χ4v) is 3.17. The van der Waals surface area contributed by atoms with E-state index >= 15 is 0 Å². The molecular formula is C13H24ClNO. The van der Waals surface area contributed by atoms with Crippen LogP contribution in [0.25, 0.3) is 0 Å². The molecule has 0 amide bonds. The maximum Gasteiger partial charge on any atom is 0.0700 e. The van der Waals surface area contributed by atoms with E-state index < -0.39 is 0 Å². The van der Waals surface area contributed by atoms with Crippen molar-refractivity contribution in [1.82, 2.24) is 5.32 Å². The van der Waals surface area contributed by atoms with Crippen LogP contribution in [0, 0.1) is 5.92 Å². The summed E-state index contributed by atoms with van der Waals surface area (Å²) in [5, 5.41) is 3.69. The molecular weight excluding hydrogens is 222 g/mol. The van der Waals surface area contributed by atoms with E-state index in [0.29, 0.717) is 6.10 Å². The molecule has 1 unspecified atom stereocenters. The van der Waals surface area contributed by atoms with E-state index in [1.54, 1.807) is 0 Å². The van der Waals surface area contributed by atoms with Crippen molar-refractivity contribution in [2.24, 2.45) is 5.92 Å². The summed E-state index contributed by atoms with van der Waals surface area (Å²) in [5.74, 6) is 1.62. The van der Waals surface area contributed by atoms with E-state index in [2.05, 4.69) is 12.2 Å². The van der Waals surface area contributed by atoms with Crippen LogP contribution in [0.1, 0.15) is 45.4 Å². The van der Waals surface area contributed by atoms with Gasteiger partial charge in [0.05, 0.1) is 6.10 Å². The van der Waals surface area contributed by atoms with Crippen LogP contribution in [0.15, 0.2) is 0 Å². The van der Waals surface area contributed by atoms with Crippen LogP contribution in [0.5, 0.6) is 0 Å². The minimum Gasteiger partial charge on any atom is -0.377 e. The minimum absolute atomic E-state index is 0.194. The lowest BCUT2D eigenvalue weighted by Crippen LogP contribution is -2.51. The lowest BCUT2D eigenvalue weighted by Gasteiger charge is -2.39. The zero-order valence-corrected chi connectivity index (χ0v) is 11.1. The first-order valence-electron chi connectivity index (χ1n) is 6.67. The standard InChI is InChI=1S/C13H24ClNO/c1-11-4-6-13(10-14,7-5-11)15-9-12-3-2-8-16-12/h11-12,15H,2-10H2,1H3. The maximum absolute atomic E-state index is 6.17. The second kappa shape index (κ2) is 5.70. The second-order valence-electron chi connectivity index (χ2n) is 5.61. The molecule has 0 bridgehead atoms. The molecule has 2 rings (SSSR count). The van der Waals surface area contributed by atoms with Crippen LogP contribution >= 0.6 is 11.6 Å². The van der Waals surface area contributed by atoms with Gasteiger partial charge in [-0.1, -0.05) is 6.92 Å². The number of halogens is 1. The van der Waals surface area contributed by atoms with Crippen LogP contribution in [0.3, 0.4) is 0 Å². The Labute approximate surface area is 104 Å². The fraction of sp³-hybridized carbons (Fsp3) is 1.00. The molecule has 0 spiro atoms. The highest BCUT2D eigenvalue weighted by molar-refractivity contribution is 6.18. The van der Waals surface area contributed by atoms with Crippen LogP contribution in [-0.4, -0.2) is 30.7 Å². The largest absolute Gasteiger partial charge is 0.377 e. The highest BCUT2D eigenvalue weighted by Crippen LogP contribution is 2.33. The van der Waals surface area contributed by atoms with Crippen molar-refractivity contribution in [2.45, 2.75) is 57.1 Å². The third-order valence-electron chi connectivity index (χ3n) is 4.22.